The van der Waals surface area contributed by atoms with Crippen molar-refractivity contribution in [2.45, 2.75) is 0 Å². The average Bonchev–Trinajstić information content (AvgIpc) is 2.56. The molecule has 108 valence electrons. The molecule has 4 heteroatoms. The summed E-state index contributed by atoms with van der Waals surface area (Å²) < 4.78 is 0. The van der Waals surface area contributed by atoms with Crippen LogP contribution in [0.2, 0.25) is 0 Å². The molecule has 0 aromatic heterocycles. The summed E-state index contributed by atoms with van der Waals surface area (Å²) in [5.74, 6) is 0. The largest absolute Gasteiger partial charge is 0.288 e. The number of halogens is 2. The standard InChI is InChI=1S/C18H10Cl2O2/c19-15(11-7-3-1-4-8-11)13-17(21)14(18(13)22)16(20)12-9-5-2-6-10-12/h1-10H. The van der Waals surface area contributed by atoms with Crippen molar-refractivity contribution in [2.75, 3.05) is 0 Å². The van der Waals surface area contributed by atoms with Gasteiger partial charge in [-0.2, -0.15) is 0 Å². The first-order valence-electron chi connectivity index (χ1n) is 6.61. The first-order valence-corrected chi connectivity index (χ1v) is 7.36. The summed E-state index contributed by atoms with van der Waals surface area (Å²) >= 11 is 12.4. The Labute approximate surface area is 136 Å². The summed E-state index contributed by atoms with van der Waals surface area (Å²) in [5.41, 5.74) is 0.451. The first kappa shape index (κ1) is 14.8. The van der Waals surface area contributed by atoms with Gasteiger partial charge in [0.05, 0.1) is 20.5 Å². The Morgan fingerprint density at radius 3 is 1.23 bits per heavy atom. The lowest BCUT2D eigenvalue weighted by atomic mass is 10.1. The zero-order valence-corrected chi connectivity index (χ0v) is 12.9. The molecular weight excluding hydrogens is 319 g/mol. The maximum Gasteiger partial charge on any atom is 0.204 e. The van der Waals surface area contributed by atoms with Crippen LogP contribution in [0.25, 0.3) is 10.1 Å². The van der Waals surface area contributed by atoms with E-state index in [1.807, 2.05) is 12.1 Å². The van der Waals surface area contributed by atoms with Gasteiger partial charge in [0.1, 0.15) is 0 Å². The predicted octanol–water partition coefficient (Wildman–Crippen LogP) is 2.07. The molecule has 0 saturated heterocycles. The fraction of sp³-hybridized carbons (Fsp3) is 0. The fourth-order valence-corrected chi connectivity index (χ4v) is 2.85. The highest BCUT2D eigenvalue weighted by atomic mass is 35.5. The molecule has 0 bridgehead atoms. The third-order valence-electron chi connectivity index (χ3n) is 3.40. The smallest absolute Gasteiger partial charge is 0.204 e. The third-order valence-corrected chi connectivity index (χ3v) is 4.22. The lowest BCUT2D eigenvalue weighted by Crippen LogP contribution is -2.65. The van der Waals surface area contributed by atoms with Gasteiger partial charge in [0.2, 0.25) is 10.9 Å². The van der Waals surface area contributed by atoms with Crippen molar-refractivity contribution in [2.24, 2.45) is 0 Å². The summed E-state index contributed by atoms with van der Waals surface area (Å²) in [6.07, 6.45) is 0. The minimum atomic E-state index is -0.410. The van der Waals surface area contributed by atoms with Gasteiger partial charge >= 0.3 is 0 Å². The monoisotopic (exact) mass is 328 g/mol. The maximum atomic E-state index is 12.3. The molecule has 0 saturated carbocycles. The SMILES string of the molecule is O=c1c(=C(Cl)c2ccccc2)c(=O)c1=C(Cl)c1ccccc1. The van der Waals surface area contributed by atoms with Crippen molar-refractivity contribution >= 4 is 33.3 Å². The van der Waals surface area contributed by atoms with Crippen LogP contribution >= 0.6 is 23.2 Å². The van der Waals surface area contributed by atoms with E-state index in [4.69, 9.17) is 23.2 Å². The number of hydrogen-bond acceptors (Lipinski definition) is 2. The highest BCUT2D eigenvalue weighted by Gasteiger charge is 2.16. The molecule has 0 radical (unpaired) electrons. The molecular formula is C18H10Cl2O2. The first-order chi connectivity index (χ1) is 10.6. The molecule has 0 aliphatic heterocycles. The summed E-state index contributed by atoms with van der Waals surface area (Å²) in [6.45, 7) is 0. The number of benzene rings is 2. The second-order valence-corrected chi connectivity index (χ2v) is 5.52. The molecule has 0 unspecified atom stereocenters. The van der Waals surface area contributed by atoms with E-state index in [0.29, 0.717) is 11.1 Å². The van der Waals surface area contributed by atoms with Crippen LogP contribution < -0.4 is 21.3 Å². The fourth-order valence-electron chi connectivity index (χ4n) is 2.25. The van der Waals surface area contributed by atoms with Gasteiger partial charge < -0.3 is 0 Å². The van der Waals surface area contributed by atoms with E-state index in [9.17, 15) is 9.59 Å². The van der Waals surface area contributed by atoms with Gasteiger partial charge in [-0.05, 0) is 11.1 Å². The van der Waals surface area contributed by atoms with Crippen LogP contribution in [-0.4, -0.2) is 0 Å². The van der Waals surface area contributed by atoms with E-state index in [1.54, 1.807) is 48.5 Å². The van der Waals surface area contributed by atoms with Crippen molar-refractivity contribution in [3.8, 4) is 0 Å². The molecule has 0 amide bonds. The molecule has 0 atom stereocenters. The lowest BCUT2D eigenvalue weighted by molar-refractivity contribution is 1.25. The van der Waals surface area contributed by atoms with E-state index in [-0.39, 0.29) is 20.5 Å². The second-order valence-electron chi connectivity index (χ2n) is 4.77. The van der Waals surface area contributed by atoms with Gasteiger partial charge in [-0.1, -0.05) is 83.9 Å². The third kappa shape index (κ3) is 2.41. The van der Waals surface area contributed by atoms with Crippen LogP contribution in [0.3, 0.4) is 0 Å². The van der Waals surface area contributed by atoms with Crippen LogP contribution in [0.1, 0.15) is 11.1 Å². The quantitative estimate of drug-likeness (QED) is 0.721. The molecule has 0 heterocycles. The zero-order valence-electron chi connectivity index (χ0n) is 11.3. The predicted molar refractivity (Wildman–Crippen MR) is 90.2 cm³/mol. The van der Waals surface area contributed by atoms with E-state index >= 15 is 0 Å². The number of rotatable bonds is 2. The van der Waals surface area contributed by atoms with Gasteiger partial charge in [-0.25, -0.2) is 0 Å². The molecule has 3 aromatic rings. The van der Waals surface area contributed by atoms with Crippen molar-refractivity contribution in [3.05, 3.63) is 103 Å². The molecule has 2 nitrogen and oxygen atoms in total. The molecule has 22 heavy (non-hydrogen) atoms. The Bertz CT molecular complexity index is 901. The summed E-state index contributed by atoms with van der Waals surface area (Å²) in [4.78, 5) is 24.6. The van der Waals surface area contributed by atoms with Gasteiger partial charge in [0.15, 0.2) is 0 Å². The normalized spacial score (nSPS) is 10.6. The molecule has 3 rings (SSSR count). The van der Waals surface area contributed by atoms with Gasteiger partial charge in [-0.3, -0.25) is 9.59 Å². The van der Waals surface area contributed by atoms with Crippen LogP contribution in [0.4, 0.5) is 0 Å². The number of hydrogen-bond donors (Lipinski definition) is 0. The van der Waals surface area contributed by atoms with Crippen LogP contribution in [0.5, 0.6) is 0 Å². The van der Waals surface area contributed by atoms with Crippen molar-refractivity contribution in [3.63, 3.8) is 0 Å². The molecule has 0 aliphatic carbocycles. The van der Waals surface area contributed by atoms with Crippen molar-refractivity contribution in [1.29, 1.82) is 0 Å². The maximum absolute atomic E-state index is 12.3. The highest BCUT2D eigenvalue weighted by Crippen LogP contribution is 2.15. The van der Waals surface area contributed by atoms with Crippen LogP contribution in [0.15, 0.2) is 70.3 Å². The Morgan fingerprint density at radius 2 is 0.909 bits per heavy atom. The summed E-state index contributed by atoms with van der Waals surface area (Å²) in [7, 11) is 0. The highest BCUT2D eigenvalue weighted by molar-refractivity contribution is 6.49. The Hall–Kier alpha value is -2.16. The van der Waals surface area contributed by atoms with E-state index in [0.717, 1.165) is 0 Å². The van der Waals surface area contributed by atoms with Gasteiger partial charge in [0.25, 0.3) is 0 Å². The van der Waals surface area contributed by atoms with Crippen molar-refractivity contribution in [1.82, 2.24) is 0 Å². The zero-order chi connectivity index (χ0) is 15.7. The summed E-state index contributed by atoms with van der Waals surface area (Å²) in [5, 5.41) is 0.322. The Kier molecular flexibility index (Phi) is 3.97. The molecule has 0 spiro atoms. The molecule has 3 aromatic carbocycles. The van der Waals surface area contributed by atoms with E-state index in [2.05, 4.69) is 0 Å². The molecule has 0 N–H and O–H groups in total. The topological polar surface area (TPSA) is 34.1 Å². The van der Waals surface area contributed by atoms with Crippen LogP contribution in [0, 0.1) is 0 Å². The van der Waals surface area contributed by atoms with Gasteiger partial charge in [0, 0.05) is 0 Å². The Balaban J connectivity index is 2.27. The van der Waals surface area contributed by atoms with E-state index in [1.165, 1.54) is 0 Å². The summed E-state index contributed by atoms with van der Waals surface area (Å²) in [6, 6.07) is 17.8. The second kappa shape index (κ2) is 5.91. The minimum Gasteiger partial charge on any atom is -0.288 e. The molecule has 0 aliphatic rings. The average molecular weight is 329 g/mol. The minimum absolute atomic E-state index is 0.00283. The molecule has 0 fully saturated rings. The lowest BCUT2D eigenvalue weighted by Gasteiger charge is -2.03. The van der Waals surface area contributed by atoms with Crippen LogP contribution in [-0.2, 0) is 0 Å². The Morgan fingerprint density at radius 1 is 0.591 bits per heavy atom. The van der Waals surface area contributed by atoms with Crippen molar-refractivity contribution < 1.29 is 0 Å². The van der Waals surface area contributed by atoms with E-state index < -0.39 is 10.9 Å². The van der Waals surface area contributed by atoms with Gasteiger partial charge in [-0.15, -0.1) is 0 Å².